The van der Waals surface area contributed by atoms with Crippen LogP contribution < -0.4 is 8.70 Å². The molecule has 1 aliphatic rings. The van der Waals surface area contributed by atoms with E-state index >= 15 is 0 Å². The van der Waals surface area contributed by atoms with Crippen LogP contribution in [0.4, 0.5) is 0 Å². The van der Waals surface area contributed by atoms with E-state index < -0.39 is 0 Å². The van der Waals surface area contributed by atoms with Crippen molar-refractivity contribution in [1.82, 2.24) is 0 Å². The van der Waals surface area contributed by atoms with Gasteiger partial charge < -0.3 is 0 Å². The van der Waals surface area contributed by atoms with E-state index in [2.05, 4.69) is 36.4 Å². The molecule has 3 heteroatoms. The van der Waals surface area contributed by atoms with Crippen LogP contribution in [0, 0.1) is 0 Å². The van der Waals surface area contributed by atoms with Crippen LogP contribution in [-0.4, -0.2) is 45.4 Å². The molecule has 0 radical (unpaired) electrons. The van der Waals surface area contributed by atoms with E-state index in [1.807, 2.05) is 0 Å². The number of benzene rings is 2. The van der Waals surface area contributed by atoms with Gasteiger partial charge in [0, 0.05) is 0 Å². The Labute approximate surface area is 118 Å². The summed E-state index contributed by atoms with van der Waals surface area (Å²) in [6, 6.07) is 13.2. The SMILES string of the molecule is OCC1c2cc([AsH2])ccc2-c2ccc([AsH2])cc21. The molecule has 0 bridgehead atoms. The molecule has 86 valence electrons. The van der Waals surface area contributed by atoms with Crippen LogP contribution in [-0.2, 0) is 0 Å². The average Bonchev–Trinajstić information content (AvgIpc) is 2.60. The first-order valence-corrected chi connectivity index (χ1v) is 8.03. The van der Waals surface area contributed by atoms with E-state index in [4.69, 9.17) is 0 Å². The fourth-order valence-electron chi connectivity index (χ4n) is 2.59. The molecular weight excluding hydrogens is 334 g/mol. The normalized spacial score (nSPS) is 13.6. The maximum absolute atomic E-state index is 9.65. The topological polar surface area (TPSA) is 20.2 Å². The van der Waals surface area contributed by atoms with Crippen LogP contribution in [0.3, 0.4) is 0 Å². The first kappa shape index (κ1) is 11.6. The third-order valence-corrected chi connectivity index (χ3v) is 4.88. The van der Waals surface area contributed by atoms with Gasteiger partial charge in [0.25, 0.3) is 0 Å². The summed E-state index contributed by atoms with van der Waals surface area (Å²) in [6.07, 6.45) is 0. The van der Waals surface area contributed by atoms with E-state index in [9.17, 15) is 5.11 Å². The van der Waals surface area contributed by atoms with Crippen molar-refractivity contribution in [1.29, 1.82) is 0 Å². The van der Waals surface area contributed by atoms with E-state index in [0.29, 0.717) is 0 Å². The van der Waals surface area contributed by atoms with Gasteiger partial charge >= 0.3 is 119 Å². The number of hydrogen-bond acceptors (Lipinski definition) is 1. The molecule has 0 aromatic heterocycles. The van der Waals surface area contributed by atoms with Gasteiger partial charge in [0.2, 0.25) is 0 Å². The molecule has 2 aromatic rings. The summed E-state index contributed by atoms with van der Waals surface area (Å²) in [5.41, 5.74) is 5.19. The van der Waals surface area contributed by atoms with E-state index in [1.54, 1.807) is 33.7 Å². The predicted octanol–water partition coefficient (Wildman–Crippen LogP) is -0.692. The predicted molar refractivity (Wildman–Crippen MR) is 77.2 cm³/mol. The van der Waals surface area contributed by atoms with Gasteiger partial charge in [-0.1, -0.05) is 0 Å². The Morgan fingerprint density at radius 3 is 1.76 bits per heavy atom. The van der Waals surface area contributed by atoms with Crippen LogP contribution in [0.15, 0.2) is 36.4 Å². The molecular formula is C14H14As2O. The molecule has 0 saturated heterocycles. The average molecular weight is 348 g/mol. The van der Waals surface area contributed by atoms with E-state index in [-0.39, 0.29) is 12.5 Å². The molecule has 2 atom stereocenters. The molecule has 2 aromatic carbocycles. The molecule has 0 aliphatic heterocycles. The van der Waals surface area contributed by atoms with Gasteiger partial charge in [-0.3, -0.25) is 0 Å². The molecule has 1 N–H and O–H groups in total. The molecule has 0 heterocycles. The fourth-order valence-corrected chi connectivity index (χ4v) is 3.75. The van der Waals surface area contributed by atoms with Gasteiger partial charge in [-0.25, -0.2) is 0 Å². The summed E-state index contributed by atoms with van der Waals surface area (Å²) >= 11 is 3.27. The zero-order valence-corrected chi connectivity index (χ0v) is 14.2. The van der Waals surface area contributed by atoms with Gasteiger partial charge in [0.05, 0.1) is 0 Å². The van der Waals surface area contributed by atoms with Crippen molar-refractivity contribution in [3.8, 4) is 11.1 Å². The van der Waals surface area contributed by atoms with Gasteiger partial charge in [0.15, 0.2) is 0 Å². The Hall–Kier alpha value is -0.483. The summed E-state index contributed by atoms with van der Waals surface area (Å²) < 4.78 is 2.65. The van der Waals surface area contributed by atoms with Crippen LogP contribution >= 0.6 is 0 Å². The number of hydrogen-bond donors (Lipinski definition) is 1. The van der Waals surface area contributed by atoms with Gasteiger partial charge in [-0.15, -0.1) is 0 Å². The molecule has 3 rings (SSSR count). The zero-order chi connectivity index (χ0) is 12.0. The Morgan fingerprint density at radius 1 is 0.882 bits per heavy atom. The standard InChI is InChI=1S/C14H14As2O/c15-8-1-3-10-11-4-2-9(16)6-13(11)14(7-17)12(10)5-8/h1-6,14,17H,7,15-16H2. The van der Waals surface area contributed by atoms with E-state index in [1.165, 1.54) is 31.0 Å². The fraction of sp³-hybridized carbons (Fsp3) is 0.143. The van der Waals surface area contributed by atoms with Crippen LogP contribution in [0.5, 0.6) is 0 Å². The van der Waals surface area contributed by atoms with Crippen molar-refractivity contribution in [2.24, 2.45) is 0 Å². The summed E-state index contributed by atoms with van der Waals surface area (Å²) in [5.74, 6) is 0.173. The summed E-state index contributed by atoms with van der Waals surface area (Å²) in [7, 11) is 0. The molecule has 17 heavy (non-hydrogen) atoms. The molecule has 0 spiro atoms. The van der Waals surface area contributed by atoms with Crippen molar-refractivity contribution >= 4 is 42.4 Å². The second kappa shape index (κ2) is 4.32. The quantitative estimate of drug-likeness (QED) is 0.677. The zero-order valence-electron chi connectivity index (χ0n) is 9.35. The molecule has 0 amide bonds. The van der Waals surface area contributed by atoms with Gasteiger partial charge in [0.1, 0.15) is 0 Å². The number of aliphatic hydroxyl groups is 1. The minimum atomic E-state index is 0.173. The summed E-state index contributed by atoms with van der Waals surface area (Å²) in [6.45, 7) is 0.201. The Kier molecular flexibility index (Phi) is 2.95. The maximum atomic E-state index is 9.65. The molecule has 2 unspecified atom stereocenters. The van der Waals surface area contributed by atoms with Crippen molar-refractivity contribution in [2.75, 3.05) is 6.61 Å². The minimum absolute atomic E-state index is 0.173. The molecule has 1 aliphatic carbocycles. The van der Waals surface area contributed by atoms with Crippen LogP contribution in [0.25, 0.3) is 11.1 Å². The Balaban J connectivity index is 2.28. The number of rotatable bonds is 1. The first-order valence-electron chi connectivity index (χ1n) is 5.61. The van der Waals surface area contributed by atoms with Crippen molar-refractivity contribution in [3.05, 3.63) is 47.5 Å². The molecule has 1 nitrogen and oxygen atoms in total. The third kappa shape index (κ3) is 1.82. The Morgan fingerprint density at radius 2 is 1.35 bits per heavy atom. The molecule has 0 saturated carbocycles. The second-order valence-electron chi connectivity index (χ2n) is 4.43. The van der Waals surface area contributed by atoms with Gasteiger partial charge in [-0.05, 0) is 0 Å². The third-order valence-electron chi connectivity index (χ3n) is 3.37. The monoisotopic (exact) mass is 348 g/mol. The van der Waals surface area contributed by atoms with E-state index in [0.717, 1.165) is 0 Å². The first-order chi connectivity index (χ1) is 8.20. The van der Waals surface area contributed by atoms with Crippen molar-refractivity contribution in [3.63, 3.8) is 0 Å². The van der Waals surface area contributed by atoms with Crippen molar-refractivity contribution in [2.45, 2.75) is 5.92 Å². The Bertz CT molecular complexity index is 541. The van der Waals surface area contributed by atoms with Crippen LogP contribution in [0.2, 0.25) is 0 Å². The summed E-state index contributed by atoms with van der Waals surface area (Å²) in [4.78, 5) is 0. The molecule has 0 fully saturated rings. The van der Waals surface area contributed by atoms with Crippen molar-refractivity contribution < 1.29 is 5.11 Å². The number of aliphatic hydroxyl groups excluding tert-OH is 1. The second-order valence-corrected chi connectivity index (χ2v) is 7.23. The van der Waals surface area contributed by atoms with Gasteiger partial charge in [-0.2, -0.15) is 0 Å². The summed E-state index contributed by atoms with van der Waals surface area (Å²) in [5, 5.41) is 9.65. The van der Waals surface area contributed by atoms with Crippen LogP contribution in [0.1, 0.15) is 17.0 Å². The number of fused-ring (bicyclic) bond motifs is 3.